The van der Waals surface area contributed by atoms with Crippen molar-refractivity contribution in [2.75, 3.05) is 6.54 Å². The van der Waals surface area contributed by atoms with Gasteiger partial charge in [0.25, 0.3) is 5.91 Å². The number of aryl methyl sites for hydroxylation is 1. The van der Waals surface area contributed by atoms with E-state index in [0.717, 1.165) is 22.6 Å². The van der Waals surface area contributed by atoms with Crippen LogP contribution in [0.15, 0.2) is 36.4 Å². The first-order valence-corrected chi connectivity index (χ1v) is 12.1. The molecule has 1 aromatic heterocycles. The quantitative estimate of drug-likeness (QED) is 0.506. The summed E-state index contributed by atoms with van der Waals surface area (Å²) in [6.45, 7) is 5.71. The molecule has 0 saturated heterocycles. The van der Waals surface area contributed by atoms with E-state index in [2.05, 4.69) is 48.6 Å². The summed E-state index contributed by atoms with van der Waals surface area (Å²) >= 11 is 1.48. The molecule has 1 heterocycles. The first-order chi connectivity index (χ1) is 14.8. The van der Waals surface area contributed by atoms with E-state index in [4.69, 9.17) is 4.98 Å². The summed E-state index contributed by atoms with van der Waals surface area (Å²) in [5.74, 6) is 0.429. The van der Waals surface area contributed by atoms with Crippen molar-refractivity contribution in [2.24, 2.45) is 5.92 Å². The Labute approximate surface area is 188 Å². The van der Waals surface area contributed by atoms with Gasteiger partial charge in [0.05, 0.1) is 16.2 Å². The molecule has 4 rings (SSSR count). The normalized spacial score (nSPS) is 15.4. The van der Waals surface area contributed by atoms with Gasteiger partial charge in [-0.05, 0) is 49.4 Å². The molecule has 2 N–H and O–H groups in total. The number of nitrogens with zero attached hydrogens (tertiary/aromatic N) is 1. The predicted molar refractivity (Wildman–Crippen MR) is 129 cm³/mol. The lowest BCUT2D eigenvalue weighted by Gasteiger charge is -2.21. The van der Waals surface area contributed by atoms with Gasteiger partial charge in [0, 0.05) is 12.1 Å². The van der Waals surface area contributed by atoms with Crippen LogP contribution in [0.3, 0.4) is 0 Å². The predicted octanol–water partition coefficient (Wildman–Crippen LogP) is 5.90. The lowest BCUT2D eigenvalue weighted by molar-refractivity contribution is 0.0694. The van der Waals surface area contributed by atoms with Crippen molar-refractivity contribution in [1.29, 1.82) is 0 Å². The van der Waals surface area contributed by atoms with Crippen molar-refractivity contribution in [2.45, 2.75) is 64.9 Å². The largest absolute Gasteiger partial charge is 0.389 e. The molecule has 0 atom stereocenters. The van der Waals surface area contributed by atoms with Crippen molar-refractivity contribution in [1.82, 2.24) is 10.3 Å². The molecule has 4 nitrogen and oxygen atoms in total. The maximum absolute atomic E-state index is 12.8. The van der Waals surface area contributed by atoms with Crippen LogP contribution in [0.25, 0.3) is 21.2 Å². The van der Waals surface area contributed by atoms with Crippen LogP contribution in [-0.4, -0.2) is 28.1 Å². The summed E-state index contributed by atoms with van der Waals surface area (Å²) in [4.78, 5) is 18.8. The van der Waals surface area contributed by atoms with E-state index in [1.165, 1.54) is 59.8 Å². The lowest BCUT2D eigenvalue weighted by Crippen LogP contribution is -2.38. The van der Waals surface area contributed by atoms with Crippen molar-refractivity contribution < 1.29 is 9.90 Å². The van der Waals surface area contributed by atoms with Crippen LogP contribution in [0.1, 0.15) is 67.0 Å². The molecule has 1 amide bonds. The average molecular weight is 437 g/mol. The van der Waals surface area contributed by atoms with E-state index in [1.807, 2.05) is 0 Å². The number of nitrogens with one attached hydrogen (secondary N) is 1. The molecular formula is C26H32N2O2S. The van der Waals surface area contributed by atoms with Gasteiger partial charge < -0.3 is 10.4 Å². The maximum Gasteiger partial charge on any atom is 0.280 e. The van der Waals surface area contributed by atoms with Gasteiger partial charge in [-0.3, -0.25) is 4.79 Å². The monoisotopic (exact) mass is 436 g/mol. The molecule has 0 unspecified atom stereocenters. The minimum absolute atomic E-state index is 0.201. The summed E-state index contributed by atoms with van der Waals surface area (Å²) in [6.07, 6.45) is 7.31. The number of fused-ring (bicyclic) bond motifs is 1. The van der Waals surface area contributed by atoms with Gasteiger partial charge in [-0.1, -0.05) is 68.5 Å². The first-order valence-electron chi connectivity index (χ1n) is 11.3. The van der Waals surface area contributed by atoms with Gasteiger partial charge in [0.15, 0.2) is 5.01 Å². The van der Waals surface area contributed by atoms with Gasteiger partial charge in [-0.15, -0.1) is 11.3 Å². The Morgan fingerprint density at radius 1 is 1.13 bits per heavy atom. The molecule has 0 aliphatic heterocycles. The number of hydrogen-bond acceptors (Lipinski definition) is 4. The highest BCUT2D eigenvalue weighted by Gasteiger charge is 2.24. The van der Waals surface area contributed by atoms with E-state index in [-0.39, 0.29) is 12.5 Å². The molecule has 5 heteroatoms. The summed E-state index contributed by atoms with van der Waals surface area (Å²) < 4.78 is 0. The summed E-state index contributed by atoms with van der Waals surface area (Å²) in [5, 5.41) is 15.7. The second kappa shape index (κ2) is 9.09. The molecule has 1 saturated carbocycles. The van der Waals surface area contributed by atoms with Gasteiger partial charge in [0.2, 0.25) is 0 Å². The minimum atomic E-state index is -0.951. The molecule has 164 valence electrons. The highest BCUT2D eigenvalue weighted by atomic mass is 32.1. The van der Waals surface area contributed by atoms with Crippen LogP contribution in [0, 0.1) is 12.8 Å². The number of carbonyl (C=O) groups is 1. The zero-order chi connectivity index (χ0) is 22.0. The molecule has 0 spiro atoms. The zero-order valence-electron chi connectivity index (χ0n) is 18.7. The smallest absolute Gasteiger partial charge is 0.280 e. The van der Waals surface area contributed by atoms with Crippen LogP contribution in [0.5, 0.6) is 0 Å². The second-order valence-electron chi connectivity index (χ2n) is 9.47. The standard InChI is InChI=1S/C26H32N2O2S/c1-17-13-14-21(20-12-8-7-11-19(17)20)23-22(15-18-9-5-4-6-10-18)28-25(31-23)24(29)27-16-26(2,3)30/h7-8,11-14,18,30H,4-6,9-10,15-16H2,1-3H3,(H,27,29). The fraction of sp³-hybridized carbons (Fsp3) is 0.462. The lowest BCUT2D eigenvalue weighted by atomic mass is 9.85. The first kappa shape index (κ1) is 22.0. The van der Waals surface area contributed by atoms with Crippen LogP contribution in [0.4, 0.5) is 0 Å². The SMILES string of the molecule is Cc1ccc(-c2sc(C(=O)NCC(C)(C)O)nc2CC2CCCCC2)c2ccccc12. The Hall–Kier alpha value is -2.24. The Morgan fingerprint density at radius 2 is 1.84 bits per heavy atom. The van der Waals surface area contributed by atoms with E-state index in [0.29, 0.717) is 10.9 Å². The number of carbonyl (C=O) groups excluding carboxylic acids is 1. The third-order valence-electron chi connectivity index (χ3n) is 6.17. The van der Waals surface area contributed by atoms with Gasteiger partial charge in [-0.2, -0.15) is 0 Å². The number of thiazole rings is 1. The number of aromatic nitrogens is 1. The third kappa shape index (κ3) is 5.16. The van der Waals surface area contributed by atoms with E-state index in [9.17, 15) is 9.90 Å². The van der Waals surface area contributed by atoms with Crippen molar-refractivity contribution in [3.63, 3.8) is 0 Å². The average Bonchev–Trinajstić information content (AvgIpc) is 3.16. The van der Waals surface area contributed by atoms with Crippen LogP contribution >= 0.6 is 11.3 Å². The van der Waals surface area contributed by atoms with E-state index < -0.39 is 5.60 Å². The van der Waals surface area contributed by atoms with Crippen molar-refractivity contribution in [3.05, 3.63) is 52.7 Å². The molecule has 2 aromatic carbocycles. The highest BCUT2D eigenvalue weighted by Crippen LogP contribution is 2.39. The summed E-state index contributed by atoms with van der Waals surface area (Å²) in [5.41, 5.74) is 2.50. The molecular weight excluding hydrogens is 404 g/mol. The number of amides is 1. The number of aliphatic hydroxyl groups is 1. The maximum atomic E-state index is 12.8. The zero-order valence-corrected chi connectivity index (χ0v) is 19.5. The van der Waals surface area contributed by atoms with Gasteiger partial charge in [-0.25, -0.2) is 4.98 Å². The highest BCUT2D eigenvalue weighted by molar-refractivity contribution is 7.17. The fourth-order valence-electron chi connectivity index (χ4n) is 4.48. The van der Waals surface area contributed by atoms with E-state index >= 15 is 0 Å². The number of hydrogen-bond donors (Lipinski definition) is 2. The number of rotatable bonds is 6. The molecule has 3 aromatic rings. The van der Waals surface area contributed by atoms with Crippen LogP contribution in [0.2, 0.25) is 0 Å². The van der Waals surface area contributed by atoms with Crippen molar-refractivity contribution >= 4 is 28.0 Å². The van der Waals surface area contributed by atoms with E-state index in [1.54, 1.807) is 13.8 Å². The van der Waals surface area contributed by atoms with Crippen LogP contribution in [-0.2, 0) is 6.42 Å². The summed E-state index contributed by atoms with van der Waals surface area (Å²) in [6, 6.07) is 12.8. The molecule has 0 bridgehead atoms. The second-order valence-corrected chi connectivity index (χ2v) is 10.5. The molecule has 0 radical (unpaired) electrons. The third-order valence-corrected chi connectivity index (χ3v) is 7.30. The summed E-state index contributed by atoms with van der Waals surface area (Å²) in [7, 11) is 0. The number of benzene rings is 2. The Bertz CT molecular complexity index is 1070. The van der Waals surface area contributed by atoms with Crippen LogP contribution < -0.4 is 5.32 Å². The minimum Gasteiger partial charge on any atom is -0.389 e. The Morgan fingerprint density at radius 3 is 2.55 bits per heavy atom. The Kier molecular flexibility index (Phi) is 6.44. The molecule has 1 aliphatic carbocycles. The topological polar surface area (TPSA) is 62.2 Å². The van der Waals surface area contributed by atoms with Crippen molar-refractivity contribution in [3.8, 4) is 10.4 Å². The molecule has 1 fully saturated rings. The van der Waals surface area contributed by atoms with Gasteiger partial charge >= 0.3 is 0 Å². The molecule has 31 heavy (non-hydrogen) atoms. The fourth-order valence-corrected chi connectivity index (χ4v) is 5.53. The Balaban J connectivity index is 1.74. The van der Waals surface area contributed by atoms with Gasteiger partial charge in [0.1, 0.15) is 0 Å². The molecule has 1 aliphatic rings.